The Hall–Kier alpha value is -0.920. The molecule has 1 heterocycles. The molecule has 0 bridgehead atoms. The highest BCUT2D eigenvalue weighted by atomic mass is 79.9. The van der Waals surface area contributed by atoms with Gasteiger partial charge >= 0.3 is 0 Å². The van der Waals surface area contributed by atoms with Gasteiger partial charge in [0.1, 0.15) is 0 Å². The third-order valence-corrected chi connectivity index (χ3v) is 2.62. The lowest BCUT2D eigenvalue weighted by molar-refractivity contribution is 0.0364. The van der Waals surface area contributed by atoms with Crippen LogP contribution in [0.4, 0.5) is 5.95 Å². The topological polar surface area (TPSA) is 65.5 Å². The van der Waals surface area contributed by atoms with Crippen LogP contribution in [0.3, 0.4) is 0 Å². The molecule has 1 N–H and O–H groups in total. The number of halogens is 1. The van der Waals surface area contributed by atoms with Crippen molar-refractivity contribution in [1.82, 2.24) is 9.97 Å². The van der Waals surface area contributed by atoms with E-state index in [-0.39, 0.29) is 6.10 Å². The van der Waals surface area contributed by atoms with E-state index in [9.17, 15) is 0 Å². The molecule has 0 radical (unpaired) electrons. The summed E-state index contributed by atoms with van der Waals surface area (Å²) in [4.78, 5) is 8.28. The molecule has 17 heavy (non-hydrogen) atoms. The summed E-state index contributed by atoms with van der Waals surface area (Å²) in [5.41, 5.74) is 0. The number of hydrogen-bond acceptors (Lipinski definition) is 6. The Morgan fingerprint density at radius 2 is 2.18 bits per heavy atom. The summed E-state index contributed by atoms with van der Waals surface area (Å²) < 4.78 is 16.0. The fraction of sp³-hybridized carbons (Fsp3) is 0.600. The van der Waals surface area contributed by atoms with Gasteiger partial charge in [-0.05, 0) is 15.9 Å². The molecule has 7 heteroatoms. The van der Waals surface area contributed by atoms with Crippen LogP contribution >= 0.6 is 15.9 Å². The van der Waals surface area contributed by atoms with Gasteiger partial charge in [0.25, 0.3) is 0 Å². The lowest BCUT2D eigenvalue weighted by Gasteiger charge is -2.15. The predicted octanol–water partition coefficient (Wildman–Crippen LogP) is 1.32. The number of nitrogens with zero attached hydrogens (tertiary/aromatic N) is 2. The lowest BCUT2D eigenvalue weighted by atomic mass is 10.4. The molecule has 0 aliphatic carbocycles. The maximum Gasteiger partial charge on any atom is 0.232 e. The molecule has 1 unspecified atom stereocenters. The van der Waals surface area contributed by atoms with Gasteiger partial charge in [-0.15, -0.1) is 0 Å². The van der Waals surface area contributed by atoms with Gasteiger partial charge in [-0.2, -0.15) is 4.98 Å². The summed E-state index contributed by atoms with van der Waals surface area (Å²) in [7, 11) is 4.82. The van der Waals surface area contributed by atoms with Crippen LogP contribution in [0.2, 0.25) is 0 Å². The molecule has 1 atom stereocenters. The first kappa shape index (κ1) is 14.1. The average molecular weight is 306 g/mol. The number of aromatic nitrogens is 2. The third-order valence-electron chi connectivity index (χ3n) is 2.08. The van der Waals surface area contributed by atoms with Crippen LogP contribution in [-0.2, 0) is 9.47 Å². The van der Waals surface area contributed by atoms with Crippen LogP contribution in [0, 0.1) is 0 Å². The van der Waals surface area contributed by atoms with Crippen LogP contribution in [0.5, 0.6) is 5.88 Å². The minimum absolute atomic E-state index is 0.0433. The molecule has 1 rings (SSSR count). The zero-order chi connectivity index (χ0) is 12.7. The molecular formula is C10H16BrN3O3. The molecular weight excluding hydrogens is 290 g/mol. The van der Waals surface area contributed by atoms with Crippen molar-refractivity contribution in [3.05, 3.63) is 10.7 Å². The number of anilines is 1. The minimum Gasteiger partial charge on any atom is -0.480 e. The van der Waals surface area contributed by atoms with Gasteiger partial charge in [-0.25, -0.2) is 4.98 Å². The van der Waals surface area contributed by atoms with Gasteiger partial charge in [0.2, 0.25) is 11.8 Å². The Morgan fingerprint density at radius 3 is 2.76 bits per heavy atom. The second-order valence-electron chi connectivity index (χ2n) is 3.24. The summed E-state index contributed by atoms with van der Waals surface area (Å²) >= 11 is 3.29. The Balaban J connectivity index is 2.56. The highest BCUT2D eigenvalue weighted by molar-refractivity contribution is 9.10. The summed E-state index contributed by atoms with van der Waals surface area (Å²) in [5.74, 6) is 0.978. The molecule has 0 saturated carbocycles. The molecule has 0 fully saturated rings. The Kier molecular flexibility index (Phi) is 6.17. The molecule has 0 saturated heterocycles. The van der Waals surface area contributed by atoms with Crippen molar-refractivity contribution in [1.29, 1.82) is 0 Å². The van der Waals surface area contributed by atoms with Crippen molar-refractivity contribution in [3.8, 4) is 5.88 Å². The van der Waals surface area contributed by atoms with E-state index in [4.69, 9.17) is 14.2 Å². The molecule has 1 aromatic rings. The van der Waals surface area contributed by atoms with E-state index in [0.29, 0.717) is 29.5 Å². The first-order chi connectivity index (χ1) is 8.21. The lowest BCUT2D eigenvalue weighted by Crippen LogP contribution is -2.27. The molecule has 96 valence electrons. The maximum absolute atomic E-state index is 5.21. The van der Waals surface area contributed by atoms with Crippen LogP contribution in [0.25, 0.3) is 0 Å². The van der Waals surface area contributed by atoms with Gasteiger partial charge in [0, 0.05) is 20.8 Å². The van der Waals surface area contributed by atoms with Crippen LogP contribution < -0.4 is 10.1 Å². The van der Waals surface area contributed by atoms with E-state index in [1.165, 1.54) is 0 Å². The van der Waals surface area contributed by atoms with E-state index in [2.05, 4.69) is 31.2 Å². The van der Waals surface area contributed by atoms with Crippen molar-refractivity contribution in [2.75, 3.05) is 39.8 Å². The highest BCUT2D eigenvalue weighted by Gasteiger charge is 2.09. The van der Waals surface area contributed by atoms with Gasteiger partial charge < -0.3 is 19.5 Å². The highest BCUT2D eigenvalue weighted by Crippen LogP contribution is 2.21. The molecule has 0 aliphatic rings. The first-order valence-corrected chi connectivity index (χ1v) is 5.82. The van der Waals surface area contributed by atoms with Crippen molar-refractivity contribution >= 4 is 21.9 Å². The number of ether oxygens (including phenoxy) is 3. The van der Waals surface area contributed by atoms with E-state index >= 15 is 0 Å². The summed E-state index contributed by atoms with van der Waals surface area (Å²) in [6, 6.07) is 0. The van der Waals surface area contributed by atoms with Crippen molar-refractivity contribution in [3.63, 3.8) is 0 Å². The van der Waals surface area contributed by atoms with Gasteiger partial charge in [-0.3, -0.25) is 0 Å². The second kappa shape index (κ2) is 7.41. The monoisotopic (exact) mass is 305 g/mol. The average Bonchev–Trinajstić information content (AvgIpc) is 2.36. The van der Waals surface area contributed by atoms with Gasteiger partial charge in [0.15, 0.2) is 0 Å². The minimum atomic E-state index is -0.0433. The Labute approximate surface area is 109 Å². The molecule has 6 nitrogen and oxygen atoms in total. The molecule has 0 aliphatic heterocycles. The van der Waals surface area contributed by atoms with Gasteiger partial charge in [-0.1, -0.05) is 0 Å². The van der Waals surface area contributed by atoms with E-state index < -0.39 is 0 Å². The Bertz CT molecular complexity index is 352. The van der Waals surface area contributed by atoms with Crippen molar-refractivity contribution in [2.24, 2.45) is 0 Å². The first-order valence-electron chi connectivity index (χ1n) is 5.03. The molecule has 1 aromatic heterocycles. The maximum atomic E-state index is 5.21. The predicted molar refractivity (Wildman–Crippen MR) is 67.4 cm³/mol. The Morgan fingerprint density at radius 1 is 1.41 bits per heavy atom. The molecule has 0 aromatic carbocycles. The van der Waals surface area contributed by atoms with E-state index in [0.717, 1.165) is 0 Å². The molecule has 0 spiro atoms. The zero-order valence-electron chi connectivity index (χ0n) is 10.1. The summed E-state index contributed by atoms with van der Waals surface area (Å²) in [5, 5.41) is 3.05. The molecule has 0 amide bonds. The summed E-state index contributed by atoms with van der Waals surface area (Å²) in [6.07, 6.45) is 1.59. The van der Waals surface area contributed by atoms with Crippen LogP contribution in [0.1, 0.15) is 0 Å². The number of nitrogens with one attached hydrogen (secondary N) is 1. The van der Waals surface area contributed by atoms with Gasteiger partial charge in [0.05, 0.1) is 30.5 Å². The fourth-order valence-electron chi connectivity index (χ4n) is 1.18. The fourth-order valence-corrected chi connectivity index (χ4v) is 1.53. The normalized spacial score (nSPS) is 12.2. The van der Waals surface area contributed by atoms with Crippen molar-refractivity contribution < 1.29 is 14.2 Å². The van der Waals surface area contributed by atoms with Crippen LogP contribution in [0.15, 0.2) is 10.7 Å². The summed E-state index contributed by atoms with van der Waals surface area (Å²) in [6.45, 7) is 1.08. The number of rotatable bonds is 7. The zero-order valence-corrected chi connectivity index (χ0v) is 11.7. The van der Waals surface area contributed by atoms with E-state index in [1.54, 1.807) is 27.5 Å². The third kappa shape index (κ3) is 4.45. The SMILES string of the molecule is COCC(CNc1ncc(Br)c(OC)n1)OC. The standard InChI is InChI=1S/C10H16BrN3O3/c1-15-6-7(16-2)4-12-10-13-5-8(11)9(14-10)17-3/h5,7H,4,6H2,1-3H3,(H,12,13,14). The largest absolute Gasteiger partial charge is 0.480 e. The van der Waals surface area contributed by atoms with E-state index in [1.807, 2.05) is 0 Å². The quantitative estimate of drug-likeness (QED) is 0.819. The van der Waals surface area contributed by atoms with Crippen molar-refractivity contribution in [2.45, 2.75) is 6.10 Å². The smallest absolute Gasteiger partial charge is 0.232 e. The van der Waals surface area contributed by atoms with Crippen LogP contribution in [-0.4, -0.2) is 50.6 Å². The number of methoxy groups -OCH3 is 3. The number of hydrogen-bond donors (Lipinski definition) is 1. The second-order valence-corrected chi connectivity index (χ2v) is 4.10.